The molecule has 2 heterocycles. The Balaban J connectivity index is 1.95. The number of ether oxygens (including phenoxy) is 1. The van der Waals surface area contributed by atoms with Gasteiger partial charge in [0.1, 0.15) is 0 Å². The van der Waals surface area contributed by atoms with Gasteiger partial charge in [0.15, 0.2) is 0 Å². The second-order valence-electron chi connectivity index (χ2n) is 10.8. The maximum absolute atomic E-state index is 13.2. The molecule has 1 saturated heterocycles. The Bertz CT molecular complexity index is 1100. The number of rotatable bonds is 6. The summed E-state index contributed by atoms with van der Waals surface area (Å²) in [4.78, 5) is 44.4. The number of piperazine rings is 1. The number of alkyl halides is 3. The topological polar surface area (TPSA) is 94.2 Å². The molecule has 39 heavy (non-hydrogen) atoms. The van der Waals surface area contributed by atoms with Gasteiger partial charge in [-0.25, -0.2) is 14.4 Å². The van der Waals surface area contributed by atoms with Crippen LogP contribution >= 0.6 is 0 Å². The van der Waals surface area contributed by atoms with E-state index in [0.29, 0.717) is 30.9 Å². The van der Waals surface area contributed by atoms with Gasteiger partial charge in [-0.05, 0) is 59.2 Å². The van der Waals surface area contributed by atoms with Crippen LogP contribution < -0.4 is 10.6 Å². The molecule has 12 heteroatoms. The van der Waals surface area contributed by atoms with Crippen LogP contribution in [0.15, 0.2) is 35.5 Å². The van der Waals surface area contributed by atoms with E-state index in [1.54, 1.807) is 18.7 Å². The Hall–Kier alpha value is -3.28. The molecule has 1 aromatic rings. The fraction of sp³-hybridized carbons (Fsp3) is 0.593. The zero-order valence-corrected chi connectivity index (χ0v) is 23.3. The summed E-state index contributed by atoms with van der Waals surface area (Å²) in [5, 5.41) is 5.75. The number of carbonyl (C=O) groups excluding carboxylic acids is 3. The summed E-state index contributed by atoms with van der Waals surface area (Å²) in [6, 6.07) is 2.66. The lowest BCUT2D eigenvalue weighted by Gasteiger charge is -2.43. The first-order valence-corrected chi connectivity index (χ1v) is 13.1. The van der Waals surface area contributed by atoms with Gasteiger partial charge < -0.3 is 20.3 Å². The van der Waals surface area contributed by atoms with Gasteiger partial charge in [0.2, 0.25) is 0 Å². The molecule has 2 N–H and O–H groups in total. The minimum absolute atomic E-state index is 0.0913. The van der Waals surface area contributed by atoms with E-state index in [2.05, 4.69) is 15.5 Å². The smallest absolute Gasteiger partial charge is 0.416 e. The lowest BCUT2D eigenvalue weighted by molar-refractivity contribution is -0.139. The standard InChI is InChI=1S/C27H38F3N5O4/c1-7-34-20(16-33-13-14-35(17(3)15-33)25(38)32-26(4,5)6)21(23(36)39-8-2)22(31-24(34)37)18-9-11-19(12-10-18)27(28,29)30/h9-12,17,22H,7-8,13-16H2,1-6H3,(H,31,37)(H,32,38)/t17-,22+/m0/s1. The second-order valence-corrected chi connectivity index (χ2v) is 10.8. The van der Waals surface area contributed by atoms with Gasteiger partial charge in [-0.15, -0.1) is 0 Å². The fourth-order valence-corrected chi connectivity index (χ4v) is 4.85. The van der Waals surface area contributed by atoms with Crippen LogP contribution in [0.5, 0.6) is 0 Å². The second kappa shape index (κ2) is 11.8. The van der Waals surface area contributed by atoms with Crippen molar-refractivity contribution >= 4 is 18.0 Å². The van der Waals surface area contributed by atoms with Crippen molar-refractivity contribution in [1.82, 2.24) is 25.3 Å². The van der Waals surface area contributed by atoms with Crippen molar-refractivity contribution in [2.45, 2.75) is 65.3 Å². The first-order chi connectivity index (χ1) is 18.2. The highest BCUT2D eigenvalue weighted by Crippen LogP contribution is 2.35. The monoisotopic (exact) mass is 553 g/mol. The van der Waals surface area contributed by atoms with Crippen LogP contribution in [0.3, 0.4) is 0 Å². The molecule has 4 amide bonds. The normalized spacial score (nSPS) is 21.1. The fourth-order valence-electron chi connectivity index (χ4n) is 4.85. The molecule has 0 aliphatic carbocycles. The Morgan fingerprint density at radius 1 is 1.10 bits per heavy atom. The zero-order chi connectivity index (χ0) is 29.1. The van der Waals surface area contributed by atoms with Crippen LogP contribution in [0.4, 0.5) is 22.8 Å². The Morgan fingerprint density at radius 3 is 2.26 bits per heavy atom. The van der Waals surface area contributed by atoms with Crippen molar-refractivity contribution in [3.8, 4) is 0 Å². The van der Waals surface area contributed by atoms with Gasteiger partial charge >= 0.3 is 24.2 Å². The van der Waals surface area contributed by atoms with Gasteiger partial charge in [-0.1, -0.05) is 12.1 Å². The molecule has 2 aliphatic heterocycles. The molecule has 1 fully saturated rings. The molecule has 0 saturated carbocycles. The molecule has 0 bridgehead atoms. The van der Waals surface area contributed by atoms with E-state index in [1.165, 1.54) is 17.0 Å². The van der Waals surface area contributed by atoms with E-state index in [9.17, 15) is 27.6 Å². The average molecular weight is 554 g/mol. The molecule has 0 aromatic heterocycles. The van der Waals surface area contributed by atoms with Crippen LogP contribution in [0, 0.1) is 0 Å². The highest BCUT2D eigenvalue weighted by molar-refractivity contribution is 5.95. The number of hydrogen-bond acceptors (Lipinski definition) is 5. The Kier molecular flexibility index (Phi) is 9.20. The third kappa shape index (κ3) is 7.23. The highest BCUT2D eigenvalue weighted by Gasteiger charge is 2.40. The van der Waals surface area contributed by atoms with Crippen molar-refractivity contribution in [1.29, 1.82) is 0 Å². The van der Waals surface area contributed by atoms with Crippen molar-refractivity contribution in [2.24, 2.45) is 0 Å². The summed E-state index contributed by atoms with van der Waals surface area (Å²) in [6.07, 6.45) is -4.51. The predicted octanol–water partition coefficient (Wildman–Crippen LogP) is 4.12. The quantitative estimate of drug-likeness (QED) is 0.517. The number of benzene rings is 1. The molecule has 0 unspecified atom stereocenters. The summed E-state index contributed by atoms with van der Waals surface area (Å²) < 4.78 is 44.8. The molecule has 0 spiro atoms. The maximum atomic E-state index is 13.2. The third-order valence-corrected chi connectivity index (χ3v) is 6.65. The van der Waals surface area contributed by atoms with Crippen molar-refractivity contribution < 1.29 is 32.3 Å². The highest BCUT2D eigenvalue weighted by atomic mass is 19.4. The van der Waals surface area contributed by atoms with Gasteiger partial charge in [-0.3, -0.25) is 9.80 Å². The number of nitrogens with one attached hydrogen (secondary N) is 2. The predicted molar refractivity (Wildman–Crippen MR) is 140 cm³/mol. The maximum Gasteiger partial charge on any atom is 0.416 e. The van der Waals surface area contributed by atoms with Crippen LogP contribution in [0.1, 0.15) is 58.7 Å². The minimum Gasteiger partial charge on any atom is -0.463 e. The molecule has 9 nitrogen and oxygen atoms in total. The van der Waals surface area contributed by atoms with E-state index in [0.717, 1.165) is 12.1 Å². The lowest BCUT2D eigenvalue weighted by atomic mass is 9.93. The van der Waals surface area contributed by atoms with Gasteiger partial charge in [-0.2, -0.15) is 13.2 Å². The molecule has 3 rings (SSSR count). The number of hydrogen-bond donors (Lipinski definition) is 2. The number of amides is 4. The van der Waals surface area contributed by atoms with E-state index in [-0.39, 0.29) is 42.9 Å². The van der Waals surface area contributed by atoms with Crippen LogP contribution in [-0.4, -0.2) is 83.6 Å². The third-order valence-electron chi connectivity index (χ3n) is 6.65. The Morgan fingerprint density at radius 2 is 1.74 bits per heavy atom. The van der Waals surface area contributed by atoms with Crippen molar-refractivity contribution in [3.05, 3.63) is 46.7 Å². The molecular formula is C27H38F3N5O4. The summed E-state index contributed by atoms with van der Waals surface area (Å²) in [7, 11) is 0. The molecule has 2 aliphatic rings. The van der Waals surface area contributed by atoms with Crippen LogP contribution in [-0.2, 0) is 15.7 Å². The molecule has 0 radical (unpaired) electrons. The molecule has 2 atom stereocenters. The van der Waals surface area contributed by atoms with Crippen LogP contribution in [0.25, 0.3) is 0 Å². The first-order valence-electron chi connectivity index (χ1n) is 13.1. The number of carbonyl (C=O) groups is 3. The summed E-state index contributed by atoms with van der Waals surface area (Å²) in [5.74, 6) is -0.646. The first kappa shape index (κ1) is 30.3. The summed E-state index contributed by atoms with van der Waals surface area (Å²) in [6.45, 7) is 13.2. The number of urea groups is 2. The van der Waals surface area contributed by atoms with E-state index in [1.807, 2.05) is 27.7 Å². The number of likely N-dealkylation sites (N-methyl/N-ethyl adjacent to an activating group) is 1. The van der Waals surface area contributed by atoms with Gasteiger partial charge in [0.25, 0.3) is 0 Å². The van der Waals surface area contributed by atoms with E-state index < -0.39 is 29.8 Å². The lowest BCUT2D eigenvalue weighted by Crippen LogP contribution is -2.59. The van der Waals surface area contributed by atoms with E-state index in [4.69, 9.17) is 4.74 Å². The number of halogens is 3. The molecule has 1 aromatic carbocycles. The summed E-state index contributed by atoms with van der Waals surface area (Å²) >= 11 is 0. The van der Waals surface area contributed by atoms with Crippen LogP contribution in [0.2, 0.25) is 0 Å². The van der Waals surface area contributed by atoms with Gasteiger partial charge in [0.05, 0.1) is 23.8 Å². The minimum atomic E-state index is -4.51. The SMILES string of the molecule is CCOC(=O)C1=C(CN2CCN(C(=O)NC(C)(C)C)[C@@H](C)C2)N(CC)C(=O)N[C@@H]1c1ccc(C(F)(F)F)cc1. The molecule has 216 valence electrons. The zero-order valence-electron chi connectivity index (χ0n) is 23.3. The number of nitrogens with zero attached hydrogens (tertiary/aromatic N) is 3. The van der Waals surface area contributed by atoms with E-state index >= 15 is 0 Å². The molecular weight excluding hydrogens is 515 g/mol. The van der Waals surface area contributed by atoms with Crippen molar-refractivity contribution in [2.75, 3.05) is 39.3 Å². The van der Waals surface area contributed by atoms with Gasteiger partial charge in [0, 0.05) is 50.0 Å². The largest absolute Gasteiger partial charge is 0.463 e. The number of esters is 1. The Labute approximate surface area is 227 Å². The van der Waals surface area contributed by atoms with Crippen molar-refractivity contribution in [3.63, 3.8) is 0 Å². The average Bonchev–Trinajstić information content (AvgIpc) is 2.82. The summed E-state index contributed by atoms with van der Waals surface area (Å²) in [5.41, 5.74) is -0.252.